The van der Waals surface area contributed by atoms with Crippen molar-refractivity contribution in [3.05, 3.63) is 41.3 Å². The molecule has 1 saturated heterocycles. The Bertz CT molecular complexity index is 858. The van der Waals surface area contributed by atoms with Gasteiger partial charge < -0.3 is 15.0 Å². The van der Waals surface area contributed by atoms with Crippen LogP contribution in [0.25, 0.3) is 0 Å². The Morgan fingerprint density at radius 1 is 1.31 bits per heavy atom. The summed E-state index contributed by atoms with van der Waals surface area (Å²) in [6, 6.07) is 4.73. The van der Waals surface area contributed by atoms with E-state index in [2.05, 4.69) is 15.2 Å². The molecule has 1 fully saturated rings. The summed E-state index contributed by atoms with van der Waals surface area (Å²) in [5, 5.41) is 8.32. The fourth-order valence-electron chi connectivity index (χ4n) is 3.14. The number of carbonyl (C=O) groups is 2. The third-order valence-corrected chi connectivity index (χ3v) is 4.69. The first-order valence-electron chi connectivity index (χ1n) is 8.96. The van der Waals surface area contributed by atoms with Gasteiger partial charge in [0.15, 0.2) is 0 Å². The Labute approximate surface area is 164 Å². The van der Waals surface area contributed by atoms with E-state index in [9.17, 15) is 22.8 Å². The minimum Gasteiger partial charge on any atom is -0.481 e. The van der Waals surface area contributed by atoms with Crippen molar-refractivity contribution in [3.8, 4) is 5.88 Å². The summed E-state index contributed by atoms with van der Waals surface area (Å²) in [4.78, 5) is 30.1. The zero-order valence-corrected chi connectivity index (χ0v) is 15.6. The number of rotatable bonds is 5. The number of likely N-dealkylation sites (tertiary alicyclic amines) is 1. The SMILES string of the molecule is COc1ccc(C(=O)N2CCC(c3cc(C(=O)NCC(F)(F)F)n[nH]3)CC2)cn1. The van der Waals surface area contributed by atoms with Crippen molar-refractivity contribution in [1.29, 1.82) is 0 Å². The van der Waals surface area contributed by atoms with Crippen molar-refractivity contribution in [3.63, 3.8) is 0 Å². The molecule has 3 heterocycles. The molecule has 2 N–H and O–H groups in total. The van der Waals surface area contributed by atoms with Crippen molar-refractivity contribution < 1.29 is 27.5 Å². The molecule has 2 aromatic heterocycles. The van der Waals surface area contributed by atoms with Crippen LogP contribution in [0.1, 0.15) is 45.3 Å². The normalized spacial score (nSPS) is 15.2. The van der Waals surface area contributed by atoms with Gasteiger partial charge in [-0.1, -0.05) is 0 Å². The van der Waals surface area contributed by atoms with Crippen LogP contribution < -0.4 is 10.1 Å². The number of halogens is 3. The van der Waals surface area contributed by atoms with Crippen LogP contribution in [0.5, 0.6) is 5.88 Å². The van der Waals surface area contributed by atoms with E-state index in [1.165, 1.54) is 19.4 Å². The maximum absolute atomic E-state index is 12.6. The lowest BCUT2D eigenvalue weighted by molar-refractivity contribution is -0.123. The number of methoxy groups -OCH3 is 1. The van der Waals surface area contributed by atoms with Gasteiger partial charge in [-0.15, -0.1) is 0 Å². The van der Waals surface area contributed by atoms with E-state index in [0.29, 0.717) is 43.1 Å². The third-order valence-electron chi connectivity index (χ3n) is 4.69. The largest absolute Gasteiger partial charge is 0.481 e. The van der Waals surface area contributed by atoms with Crippen LogP contribution >= 0.6 is 0 Å². The number of alkyl halides is 3. The van der Waals surface area contributed by atoms with Gasteiger partial charge >= 0.3 is 6.18 Å². The molecule has 0 spiro atoms. The van der Waals surface area contributed by atoms with Crippen molar-refractivity contribution in [2.24, 2.45) is 0 Å². The van der Waals surface area contributed by atoms with Gasteiger partial charge in [0.2, 0.25) is 5.88 Å². The van der Waals surface area contributed by atoms with E-state index in [4.69, 9.17) is 4.74 Å². The molecule has 0 atom stereocenters. The van der Waals surface area contributed by atoms with Crippen LogP contribution in [0, 0.1) is 0 Å². The molecule has 1 aliphatic heterocycles. The van der Waals surface area contributed by atoms with Crippen LogP contribution in [0.4, 0.5) is 13.2 Å². The minimum atomic E-state index is -4.48. The number of amides is 2. The maximum Gasteiger partial charge on any atom is 0.405 e. The number of nitrogens with zero attached hydrogens (tertiary/aromatic N) is 3. The summed E-state index contributed by atoms with van der Waals surface area (Å²) in [6.45, 7) is -0.400. The molecule has 2 aromatic rings. The van der Waals surface area contributed by atoms with Crippen molar-refractivity contribution in [1.82, 2.24) is 25.4 Å². The van der Waals surface area contributed by atoms with Crippen LogP contribution in [0.2, 0.25) is 0 Å². The molecule has 8 nitrogen and oxygen atoms in total. The first-order chi connectivity index (χ1) is 13.8. The molecule has 0 bridgehead atoms. The number of pyridine rings is 1. The number of aromatic amines is 1. The summed E-state index contributed by atoms with van der Waals surface area (Å²) in [7, 11) is 1.50. The quantitative estimate of drug-likeness (QED) is 0.785. The highest BCUT2D eigenvalue weighted by Gasteiger charge is 2.29. The molecule has 29 heavy (non-hydrogen) atoms. The lowest BCUT2D eigenvalue weighted by Crippen LogP contribution is -2.38. The zero-order chi connectivity index (χ0) is 21.0. The molecule has 156 valence electrons. The topological polar surface area (TPSA) is 100 Å². The average Bonchev–Trinajstić information content (AvgIpc) is 3.21. The third kappa shape index (κ3) is 5.24. The van der Waals surface area contributed by atoms with Gasteiger partial charge in [0, 0.05) is 37.0 Å². The molecular formula is C18H20F3N5O3. The Kier molecular flexibility index (Phi) is 6.04. The summed E-state index contributed by atoms with van der Waals surface area (Å²) >= 11 is 0. The molecule has 0 unspecified atom stereocenters. The Hall–Kier alpha value is -3.11. The predicted octanol–water partition coefficient (Wildman–Crippen LogP) is 2.13. The van der Waals surface area contributed by atoms with Gasteiger partial charge in [-0.05, 0) is 25.0 Å². The van der Waals surface area contributed by atoms with Gasteiger partial charge in [-0.25, -0.2) is 4.98 Å². The van der Waals surface area contributed by atoms with Crippen LogP contribution in [0.3, 0.4) is 0 Å². The lowest BCUT2D eigenvalue weighted by Gasteiger charge is -2.31. The van der Waals surface area contributed by atoms with Gasteiger partial charge in [-0.2, -0.15) is 18.3 Å². The first kappa shape index (κ1) is 20.6. The van der Waals surface area contributed by atoms with E-state index in [0.717, 1.165) is 0 Å². The number of piperidine rings is 1. The number of hydrogen-bond donors (Lipinski definition) is 2. The lowest BCUT2D eigenvalue weighted by atomic mass is 9.93. The molecule has 0 saturated carbocycles. The Morgan fingerprint density at radius 2 is 2.03 bits per heavy atom. The predicted molar refractivity (Wildman–Crippen MR) is 95.6 cm³/mol. The molecule has 0 aromatic carbocycles. The minimum absolute atomic E-state index is 0.0321. The Morgan fingerprint density at radius 3 is 2.62 bits per heavy atom. The fourth-order valence-corrected chi connectivity index (χ4v) is 3.14. The average molecular weight is 411 g/mol. The standard InChI is InChI=1S/C18H20F3N5O3/c1-29-15-3-2-12(9-22-15)17(28)26-6-4-11(5-7-26)13-8-14(25-24-13)16(27)23-10-18(19,20)21/h2-3,8-9,11H,4-7,10H2,1H3,(H,23,27)(H,24,25). The summed E-state index contributed by atoms with van der Waals surface area (Å²) in [5.74, 6) is -0.556. The molecule has 0 radical (unpaired) electrons. The van der Waals surface area contributed by atoms with E-state index >= 15 is 0 Å². The fraction of sp³-hybridized carbons (Fsp3) is 0.444. The van der Waals surface area contributed by atoms with Crippen LogP contribution in [0.15, 0.2) is 24.4 Å². The second kappa shape index (κ2) is 8.50. The van der Waals surface area contributed by atoms with E-state index in [1.54, 1.807) is 22.3 Å². The highest BCUT2D eigenvalue weighted by molar-refractivity contribution is 5.94. The van der Waals surface area contributed by atoms with Gasteiger partial charge in [0.05, 0.1) is 12.7 Å². The maximum atomic E-state index is 12.6. The van der Waals surface area contributed by atoms with E-state index < -0.39 is 18.6 Å². The van der Waals surface area contributed by atoms with Crippen LogP contribution in [-0.4, -0.2) is 64.8 Å². The van der Waals surface area contributed by atoms with E-state index in [1.807, 2.05) is 0 Å². The number of carbonyl (C=O) groups excluding carboxylic acids is 2. The Balaban J connectivity index is 1.54. The molecule has 0 aliphatic carbocycles. The number of nitrogens with one attached hydrogen (secondary N) is 2. The summed E-state index contributed by atoms with van der Waals surface area (Å²) in [6.07, 6.45) is -1.73. The summed E-state index contributed by atoms with van der Waals surface area (Å²) in [5.41, 5.74) is 1.04. The van der Waals surface area contributed by atoms with Gasteiger partial charge in [-0.3, -0.25) is 14.7 Å². The van der Waals surface area contributed by atoms with Gasteiger partial charge in [0.1, 0.15) is 12.2 Å². The van der Waals surface area contributed by atoms with Crippen molar-refractivity contribution >= 4 is 11.8 Å². The highest BCUT2D eigenvalue weighted by atomic mass is 19.4. The van der Waals surface area contributed by atoms with Crippen LogP contribution in [-0.2, 0) is 0 Å². The molecule has 11 heteroatoms. The number of H-pyrrole nitrogens is 1. The second-order valence-electron chi connectivity index (χ2n) is 6.66. The smallest absolute Gasteiger partial charge is 0.405 e. The number of hydrogen-bond acceptors (Lipinski definition) is 5. The van der Waals surface area contributed by atoms with E-state index in [-0.39, 0.29) is 17.5 Å². The monoisotopic (exact) mass is 411 g/mol. The number of aromatic nitrogens is 3. The second-order valence-corrected chi connectivity index (χ2v) is 6.66. The molecule has 2 amide bonds. The highest BCUT2D eigenvalue weighted by Crippen LogP contribution is 2.28. The van der Waals surface area contributed by atoms with Crippen molar-refractivity contribution in [2.75, 3.05) is 26.7 Å². The van der Waals surface area contributed by atoms with Gasteiger partial charge in [0.25, 0.3) is 11.8 Å². The first-order valence-corrected chi connectivity index (χ1v) is 8.96. The van der Waals surface area contributed by atoms with Crippen molar-refractivity contribution in [2.45, 2.75) is 24.9 Å². The molecule has 3 rings (SSSR count). The molecule has 1 aliphatic rings. The zero-order valence-electron chi connectivity index (χ0n) is 15.6. The molecular weight excluding hydrogens is 391 g/mol. The summed E-state index contributed by atoms with van der Waals surface area (Å²) < 4.78 is 41.6. The number of ether oxygens (including phenoxy) is 1.